The molecule has 7 nitrogen and oxygen atoms in total. The van der Waals surface area contributed by atoms with Gasteiger partial charge < -0.3 is 9.47 Å². The maximum Gasteiger partial charge on any atom is 0.303 e. The molecule has 1 aliphatic heterocycles. The normalized spacial score (nSPS) is 27.5. The van der Waals surface area contributed by atoms with Crippen LogP contribution in [0.5, 0.6) is 0 Å². The molecular formula is C19H22N3O4P. The van der Waals surface area contributed by atoms with Gasteiger partial charge in [-0.05, 0) is 39.3 Å². The monoisotopic (exact) mass is 387 g/mol. The van der Waals surface area contributed by atoms with Crippen molar-refractivity contribution in [2.24, 2.45) is 5.41 Å². The number of imidazole rings is 1. The van der Waals surface area contributed by atoms with Gasteiger partial charge in [0.1, 0.15) is 5.52 Å². The molecule has 2 aromatic rings. The molecule has 0 saturated carbocycles. The van der Waals surface area contributed by atoms with Crippen molar-refractivity contribution in [2.75, 3.05) is 6.16 Å². The zero-order valence-electron chi connectivity index (χ0n) is 16.0. The number of aryl methyl sites for hydroxylation is 2. The molecule has 8 heteroatoms. The predicted molar refractivity (Wildman–Crippen MR) is 100 cm³/mol. The first kappa shape index (κ1) is 19.5. The van der Waals surface area contributed by atoms with Crippen LogP contribution in [0.1, 0.15) is 38.3 Å². The standard InChI is InChI=1S/C19H22N3O4P/c1-6-7-19(5)14(9-27-24)26-18(16(19)25-13(4)23)22-10-20-15-11(2)8-12(3)21-17(15)22/h8,10,14,16,18H,9H2,1-5H3/t14-,16+,18-,19+/m1/s1. The summed E-state index contributed by atoms with van der Waals surface area (Å²) in [5.74, 6) is 5.59. The van der Waals surface area contributed by atoms with Gasteiger partial charge in [-0.15, -0.1) is 5.92 Å². The second-order valence-electron chi connectivity index (χ2n) is 6.92. The van der Waals surface area contributed by atoms with Gasteiger partial charge in [-0.1, -0.05) is 5.92 Å². The maximum atomic E-state index is 11.8. The first-order valence-electron chi connectivity index (χ1n) is 8.68. The summed E-state index contributed by atoms with van der Waals surface area (Å²) in [6.07, 6.45) is 0.0705. The van der Waals surface area contributed by atoms with E-state index in [1.54, 1.807) is 17.8 Å². The number of fused-ring (bicyclic) bond motifs is 1. The third-order valence-corrected chi connectivity index (χ3v) is 5.35. The number of carbonyl (C=O) groups excluding carboxylic acids is 1. The topological polar surface area (TPSA) is 83.3 Å². The SMILES string of the molecule is CC#C[C@@]1(C)[C@@H](CP=O)O[C@@H](n2cnc3c(C)cc(C)nc32)[C@@H]1OC(C)=O. The van der Waals surface area contributed by atoms with Gasteiger partial charge in [-0.25, -0.2) is 9.97 Å². The van der Waals surface area contributed by atoms with E-state index in [4.69, 9.17) is 9.47 Å². The molecule has 27 heavy (non-hydrogen) atoms. The van der Waals surface area contributed by atoms with Crippen LogP contribution in [-0.2, 0) is 18.8 Å². The van der Waals surface area contributed by atoms with Gasteiger partial charge >= 0.3 is 5.97 Å². The fourth-order valence-corrected chi connectivity index (χ4v) is 4.26. The predicted octanol–water partition coefficient (Wildman–Crippen LogP) is 3.20. The quantitative estimate of drug-likeness (QED) is 0.455. The Bertz CT molecular complexity index is 961. The summed E-state index contributed by atoms with van der Waals surface area (Å²) < 4.78 is 25.0. The molecule has 1 aliphatic rings. The molecule has 0 N–H and O–H groups in total. The highest BCUT2D eigenvalue weighted by atomic mass is 31.1. The van der Waals surface area contributed by atoms with Crippen LogP contribution in [0.25, 0.3) is 11.2 Å². The highest BCUT2D eigenvalue weighted by Crippen LogP contribution is 2.46. The molecule has 0 bridgehead atoms. The lowest BCUT2D eigenvalue weighted by Gasteiger charge is -2.29. The smallest absolute Gasteiger partial charge is 0.303 e. The molecule has 2 aromatic heterocycles. The highest BCUT2D eigenvalue weighted by Gasteiger charge is 2.56. The highest BCUT2D eigenvalue weighted by molar-refractivity contribution is 7.23. The molecule has 3 heterocycles. The number of ether oxygens (including phenoxy) is 2. The van der Waals surface area contributed by atoms with Crippen LogP contribution in [-0.4, -0.2) is 38.9 Å². The second kappa shape index (κ2) is 7.38. The molecular weight excluding hydrogens is 365 g/mol. The Morgan fingerprint density at radius 2 is 2.22 bits per heavy atom. The van der Waals surface area contributed by atoms with Crippen molar-refractivity contribution in [1.29, 1.82) is 0 Å². The van der Waals surface area contributed by atoms with Gasteiger partial charge in [0.25, 0.3) is 0 Å². The molecule has 0 amide bonds. The van der Waals surface area contributed by atoms with Gasteiger partial charge in [0.05, 0.1) is 24.0 Å². The Labute approximate surface area is 159 Å². The average molecular weight is 387 g/mol. The zero-order chi connectivity index (χ0) is 19.8. The molecule has 0 unspecified atom stereocenters. The summed E-state index contributed by atoms with van der Waals surface area (Å²) >= 11 is 0. The first-order chi connectivity index (χ1) is 12.8. The number of hydrogen-bond donors (Lipinski definition) is 0. The van der Waals surface area contributed by atoms with Crippen LogP contribution in [0.2, 0.25) is 0 Å². The summed E-state index contributed by atoms with van der Waals surface area (Å²) in [7, 11) is -0.0555. The van der Waals surface area contributed by atoms with Crippen LogP contribution in [0.4, 0.5) is 0 Å². The Kier molecular flexibility index (Phi) is 5.32. The van der Waals surface area contributed by atoms with Crippen molar-refractivity contribution in [3.05, 3.63) is 23.7 Å². The van der Waals surface area contributed by atoms with Crippen molar-refractivity contribution in [3.8, 4) is 11.8 Å². The van der Waals surface area contributed by atoms with Crippen LogP contribution >= 0.6 is 8.46 Å². The molecule has 1 saturated heterocycles. The van der Waals surface area contributed by atoms with Gasteiger partial charge in [-0.3, -0.25) is 13.9 Å². The van der Waals surface area contributed by atoms with E-state index in [-0.39, 0.29) is 14.6 Å². The van der Waals surface area contributed by atoms with Gasteiger partial charge in [0.15, 0.2) is 26.4 Å². The van der Waals surface area contributed by atoms with Crippen molar-refractivity contribution < 1.29 is 18.8 Å². The molecule has 0 spiro atoms. The Morgan fingerprint density at radius 1 is 1.48 bits per heavy atom. The van der Waals surface area contributed by atoms with E-state index < -0.39 is 29.8 Å². The van der Waals surface area contributed by atoms with Crippen LogP contribution in [0, 0.1) is 31.1 Å². The number of carbonyl (C=O) groups is 1. The number of nitrogens with zero attached hydrogens (tertiary/aromatic N) is 3. The van der Waals surface area contributed by atoms with E-state index in [1.165, 1.54) is 6.92 Å². The first-order valence-corrected chi connectivity index (χ1v) is 9.68. The molecule has 1 fully saturated rings. The molecule has 3 rings (SSSR count). The van der Waals surface area contributed by atoms with Crippen molar-refractivity contribution >= 4 is 25.6 Å². The third-order valence-electron chi connectivity index (χ3n) is 4.87. The van der Waals surface area contributed by atoms with Crippen LogP contribution in [0.15, 0.2) is 12.4 Å². The van der Waals surface area contributed by atoms with Crippen molar-refractivity contribution in [1.82, 2.24) is 14.5 Å². The van der Waals surface area contributed by atoms with Gasteiger partial charge in [-0.2, -0.15) is 0 Å². The molecule has 4 atom stereocenters. The summed E-state index contributed by atoms with van der Waals surface area (Å²) in [4.78, 5) is 20.9. The number of hydrogen-bond acceptors (Lipinski definition) is 6. The summed E-state index contributed by atoms with van der Waals surface area (Å²) in [5, 5.41) is 0. The summed E-state index contributed by atoms with van der Waals surface area (Å²) in [6, 6.07) is 1.96. The number of rotatable bonds is 4. The minimum absolute atomic E-state index is 0.0555. The lowest BCUT2D eigenvalue weighted by molar-refractivity contribution is -0.154. The van der Waals surface area contributed by atoms with Crippen molar-refractivity contribution in [3.63, 3.8) is 0 Å². The Balaban J connectivity index is 2.16. The van der Waals surface area contributed by atoms with E-state index in [9.17, 15) is 9.36 Å². The minimum Gasteiger partial charge on any atom is -0.456 e. The average Bonchev–Trinajstić information content (AvgIpc) is 3.10. The van der Waals surface area contributed by atoms with Gasteiger partial charge in [0, 0.05) is 12.6 Å². The largest absolute Gasteiger partial charge is 0.456 e. The maximum absolute atomic E-state index is 11.8. The number of aromatic nitrogens is 3. The van der Waals surface area contributed by atoms with E-state index in [2.05, 4.69) is 21.8 Å². The molecule has 0 aromatic carbocycles. The van der Waals surface area contributed by atoms with E-state index in [0.29, 0.717) is 5.65 Å². The lowest BCUT2D eigenvalue weighted by atomic mass is 9.81. The second-order valence-corrected chi connectivity index (χ2v) is 7.54. The molecule has 0 aliphatic carbocycles. The number of esters is 1. The Hall–Kier alpha value is -2.29. The van der Waals surface area contributed by atoms with E-state index in [1.807, 2.05) is 26.8 Å². The van der Waals surface area contributed by atoms with E-state index >= 15 is 0 Å². The summed E-state index contributed by atoms with van der Waals surface area (Å²) in [5.41, 5.74) is 2.47. The lowest BCUT2D eigenvalue weighted by Crippen LogP contribution is -2.40. The van der Waals surface area contributed by atoms with E-state index in [0.717, 1.165) is 16.8 Å². The Morgan fingerprint density at radius 3 is 2.85 bits per heavy atom. The fourth-order valence-electron chi connectivity index (χ4n) is 3.66. The van der Waals surface area contributed by atoms with Crippen LogP contribution in [0.3, 0.4) is 0 Å². The molecule has 0 radical (unpaired) electrons. The fraction of sp³-hybridized carbons (Fsp3) is 0.526. The van der Waals surface area contributed by atoms with Gasteiger partial charge in [0.2, 0.25) is 0 Å². The third kappa shape index (κ3) is 3.36. The van der Waals surface area contributed by atoms with Crippen molar-refractivity contribution in [2.45, 2.75) is 53.1 Å². The minimum atomic E-state index is -0.808. The van der Waals surface area contributed by atoms with Crippen LogP contribution < -0.4 is 0 Å². The summed E-state index contributed by atoms with van der Waals surface area (Å²) in [6.45, 7) is 8.83. The zero-order valence-corrected chi connectivity index (χ0v) is 16.9. The molecule has 142 valence electrons. The number of pyridine rings is 1.